The number of hydrogen-bond acceptors (Lipinski definition) is 3. The average Bonchev–Trinajstić information content (AvgIpc) is 4.01. The van der Waals surface area contributed by atoms with Crippen LogP contribution in [0.4, 0.5) is 11.4 Å². The molecule has 0 unspecified atom stereocenters. The van der Waals surface area contributed by atoms with Crippen LogP contribution in [0.5, 0.6) is 0 Å². The smallest absolute Gasteiger partial charge is 0.198 e. The third kappa shape index (κ3) is 5.94. The van der Waals surface area contributed by atoms with Crippen molar-refractivity contribution in [3.63, 3.8) is 0 Å². The zero-order valence-corrected chi connectivity index (χ0v) is 40.5. The number of nitrogens with zero attached hydrogens (tertiary/aromatic N) is 3. The van der Waals surface area contributed by atoms with E-state index >= 15 is 0 Å². The average molecular weight is 884 g/mol. The van der Waals surface area contributed by atoms with Crippen molar-refractivity contribution >= 4 is 93.9 Å². The topological polar surface area (TPSA) is 34.8 Å². The maximum Gasteiger partial charge on any atom is 0.198 e. The molecule has 11 aromatic rings. The number of thiophene rings is 1. The first-order chi connectivity index (χ1) is 32.1. The Morgan fingerprint density at radius 1 is 0.582 bits per heavy atom. The van der Waals surface area contributed by atoms with Crippen molar-refractivity contribution in [2.24, 2.45) is 7.05 Å². The summed E-state index contributed by atoms with van der Waals surface area (Å²) in [6.45, 7) is 18.5. The van der Waals surface area contributed by atoms with Gasteiger partial charge in [-0.05, 0) is 116 Å². The van der Waals surface area contributed by atoms with Crippen molar-refractivity contribution in [3.05, 3.63) is 168 Å². The molecule has 13 rings (SSSR count). The van der Waals surface area contributed by atoms with E-state index < -0.39 is 0 Å². The van der Waals surface area contributed by atoms with Gasteiger partial charge in [-0.15, -0.1) is 11.3 Å². The van der Waals surface area contributed by atoms with Gasteiger partial charge in [0.05, 0.1) is 16.6 Å². The van der Waals surface area contributed by atoms with Crippen LogP contribution in [-0.4, -0.2) is 21.4 Å². The van der Waals surface area contributed by atoms with E-state index in [1.165, 1.54) is 97.6 Å². The fourth-order valence-corrected chi connectivity index (χ4v) is 12.4. The lowest BCUT2D eigenvalue weighted by atomic mass is 9.59. The number of anilines is 2. The number of rotatable bonds is 4. The van der Waals surface area contributed by atoms with Crippen LogP contribution in [0.15, 0.2) is 146 Å². The number of imidazole rings is 1. The van der Waals surface area contributed by atoms with E-state index in [-0.39, 0.29) is 16.2 Å². The zero-order valence-electron chi connectivity index (χ0n) is 39.7. The molecular formula is C61H52BN4S. The summed E-state index contributed by atoms with van der Waals surface area (Å²) in [6, 6.07) is 55.0. The molecule has 2 aliphatic rings. The molecule has 8 aromatic carbocycles. The quantitative estimate of drug-likeness (QED) is 0.179. The molecule has 0 bridgehead atoms. The third-order valence-electron chi connectivity index (χ3n) is 15.1. The second-order valence-electron chi connectivity index (χ2n) is 21.7. The van der Waals surface area contributed by atoms with Crippen LogP contribution in [-0.2, 0) is 23.3 Å². The summed E-state index contributed by atoms with van der Waals surface area (Å²) in [5, 5.41) is 9.12. The summed E-state index contributed by atoms with van der Waals surface area (Å²) in [4.78, 5) is 5.30. The number of nitrogens with one attached hydrogen (secondary N) is 1. The first kappa shape index (κ1) is 40.4. The van der Waals surface area contributed by atoms with E-state index in [0.29, 0.717) is 0 Å². The Balaban J connectivity index is 1.10. The minimum atomic E-state index is -0.137. The molecule has 1 aliphatic heterocycles. The molecule has 4 heterocycles. The van der Waals surface area contributed by atoms with Gasteiger partial charge in [-0.25, -0.2) is 4.98 Å². The zero-order chi connectivity index (χ0) is 45.9. The van der Waals surface area contributed by atoms with Gasteiger partial charge in [0.15, 0.2) is 7.28 Å². The van der Waals surface area contributed by atoms with Gasteiger partial charge < -0.3 is 14.5 Å². The molecule has 1 aliphatic carbocycles. The summed E-state index contributed by atoms with van der Waals surface area (Å²) < 4.78 is 7.43. The maximum atomic E-state index is 5.30. The molecule has 0 amide bonds. The number of aryl methyl sites for hydroxylation is 1. The normalized spacial score (nSPS) is 14.0. The predicted molar refractivity (Wildman–Crippen MR) is 289 cm³/mol. The number of aromatic nitrogens is 3. The molecule has 3 aromatic heterocycles. The van der Waals surface area contributed by atoms with Crippen molar-refractivity contribution in [2.75, 3.05) is 5.32 Å². The van der Waals surface area contributed by atoms with Gasteiger partial charge in [-0.2, -0.15) is 0 Å². The number of hydrogen-bond donors (Lipinski definition) is 1. The highest BCUT2D eigenvalue weighted by Gasteiger charge is 2.37. The first-order valence-corrected chi connectivity index (χ1v) is 24.5. The summed E-state index contributed by atoms with van der Waals surface area (Å²) in [5.41, 5.74) is 21.9. The molecule has 6 heteroatoms. The highest BCUT2D eigenvalue weighted by molar-refractivity contribution is 7.25. The van der Waals surface area contributed by atoms with Gasteiger partial charge in [0, 0.05) is 77.1 Å². The van der Waals surface area contributed by atoms with Crippen LogP contribution in [0.1, 0.15) is 77.6 Å². The SMILES string of the molecule is Cn1c(-c2ccccc2)nc2cc3c(cc21)-n1c2cc4c(cc2c2ccc(-c5cc6c(cc5Nc5ccc(C(C)(C)C)cc5)sc5ccc(C(C)(C)C)cc56)c(c21)[B]3)-c1ccccc1C4(C)C. The van der Waals surface area contributed by atoms with Gasteiger partial charge in [0.25, 0.3) is 0 Å². The van der Waals surface area contributed by atoms with E-state index in [9.17, 15) is 0 Å². The monoisotopic (exact) mass is 883 g/mol. The van der Waals surface area contributed by atoms with Gasteiger partial charge in [0.2, 0.25) is 0 Å². The van der Waals surface area contributed by atoms with Crippen molar-refractivity contribution in [3.8, 4) is 39.3 Å². The highest BCUT2D eigenvalue weighted by atomic mass is 32.1. The first-order valence-electron chi connectivity index (χ1n) is 23.7. The molecule has 325 valence electrons. The lowest BCUT2D eigenvalue weighted by Gasteiger charge is -2.25. The van der Waals surface area contributed by atoms with Crippen LogP contribution in [0.2, 0.25) is 0 Å². The van der Waals surface area contributed by atoms with Crippen LogP contribution >= 0.6 is 11.3 Å². The summed E-state index contributed by atoms with van der Waals surface area (Å²) in [7, 11) is 4.60. The molecule has 1 N–H and O–H groups in total. The summed E-state index contributed by atoms with van der Waals surface area (Å²) in [6.07, 6.45) is 0. The molecule has 0 fully saturated rings. The van der Waals surface area contributed by atoms with Crippen molar-refractivity contribution < 1.29 is 0 Å². The van der Waals surface area contributed by atoms with E-state index in [4.69, 9.17) is 4.98 Å². The number of fused-ring (bicyclic) bond motifs is 12. The lowest BCUT2D eigenvalue weighted by Crippen LogP contribution is -2.37. The minimum absolute atomic E-state index is 0.0371. The van der Waals surface area contributed by atoms with E-state index in [1.807, 2.05) is 11.3 Å². The standard InChI is InChI=1S/C61H52BN4S/c1-59(2,3)35-19-22-37(23-20-35)63-49-32-55-45(44-27-36(60(4,5)6)21-26-54(44)67-55)29-42(49)39-24-25-40-43-28-41-38-17-13-14-18-46(38)61(7,8)47(41)30-51(43)66-52-33-53-50(31-48(52)62-56(39)57(40)66)64-58(65(53)9)34-15-11-10-12-16-34/h10-33,63H,1-9H3. The molecule has 67 heavy (non-hydrogen) atoms. The van der Waals surface area contributed by atoms with Crippen LogP contribution in [0.25, 0.3) is 92.3 Å². The Kier molecular flexibility index (Phi) is 8.34. The third-order valence-corrected chi connectivity index (χ3v) is 16.2. The Morgan fingerprint density at radius 3 is 2.07 bits per heavy atom. The summed E-state index contributed by atoms with van der Waals surface area (Å²) in [5.74, 6) is 0.966. The van der Waals surface area contributed by atoms with Crippen molar-refractivity contribution in [1.29, 1.82) is 0 Å². The molecule has 1 radical (unpaired) electrons. The molecular weight excluding hydrogens is 832 g/mol. The molecule has 0 spiro atoms. The second kappa shape index (κ2) is 13.8. The second-order valence-corrected chi connectivity index (χ2v) is 22.7. The molecule has 0 saturated heterocycles. The van der Waals surface area contributed by atoms with E-state index in [1.54, 1.807) is 0 Å². The van der Waals surface area contributed by atoms with Crippen LogP contribution < -0.4 is 16.2 Å². The van der Waals surface area contributed by atoms with Gasteiger partial charge in [-0.3, -0.25) is 0 Å². The largest absolute Gasteiger partial charge is 0.355 e. The maximum absolute atomic E-state index is 5.30. The fourth-order valence-electron chi connectivity index (χ4n) is 11.3. The Hall–Kier alpha value is -6.89. The Morgan fingerprint density at radius 2 is 1.30 bits per heavy atom. The van der Waals surface area contributed by atoms with Crippen LogP contribution in [0.3, 0.4) is 0 Å². The Bertz CT molecular complexity index is 3910. The number of benzene rings is 8. The lowest BCUT2D eigenvalue weighted by molar-refractivity contribution is 0.590. The van der Waals surface area contributed by atoms with E-state index in [2.05, 4.69) is 230 Å². The van der Waals surface area contributed by atoms with Crippen LogP contribution in [0, 0.1) is 0 Å². The van der Waals surface area contributed by atoms with Crippen molar-refractivity contribution in [2.45, 2.75) is 71.6 Å². The Labute approximate surface area is 397 Å². The predicted octanol–water partition coefficient (Wildman–Crippen LogP) is 15.0. The summed E-state index contributed by atoms with van der Waals surface area (Å²) >= 11 is 1.88. The highest BCUT2D eigenvalue weighted by Crippen LogP contribution is 2.52. The molecule has 0 saturated carbocycles. The van der Waals surface area contributed by atoms with Gasteiger partial charge in [-0.1, -0.05) is 146 Å². The molecule has 4 nitrogen and oxygen atoms in total. The minimum Gasteiger partial charge on any atom is -0.355 e. The van der Waals surface area contributed by atoms with Crippen molar-refractivity contribution in [1.82, 2.24) is 14.1 Å². The van der Waals surface area contributed by atoms with E-state index in [0.717, 1.165) is 39.3 Å². The van der Waals surface area contributed by atoms with Gasteiger partial charge >= 0.3 is 0 Å². The van der Waals surface area contributed by atoms with Gasteiger partial charge in [0.1, 0.15) is 5.82 Å². The molecule has 0 atom stereocenters. The fraction of sp³-hybridized carbons (Fsp3) is 0.197.